The van der Waals surface area contributed by atoms with E-state index in [2.05, 4.69) is 38.1 Å². The average molecular weight is 518 g/mol. The number of benzene rings is 3. The third-order valence-corrected chi connectivity index (χ3v) is 18.5. The molecule has 0 N–H and O–H groups in total. The summed E-state index contributed by atoms with van der Waals surface area (Å²) in [5.74, 6) is 0. The zero-order chi connectivity index (χ0) is 13.4. The SMILES string of the molecule is Cc1cc2c3c4c(ccc5c4c(c2cc1C)[Se][Se]5)[Se][Se]3. The second kappa shape index (κ2) is 4.39. The molecule has 0 amide bonds. The molecule has 0 atom stereocenters. The summed E-state index contributed by atoms with van der Waals surface area (Å²) in [4.78, 5) is 0. The zero-order valence-corrected chi connectivity index (χ0v) is 17.8. The number of rotatable bonds is 0. The fourth-order valence-corrected chi connectivity index (χ4v) is 19.0. The van der Waals surface area contributed by atoms with Crippen molar-refractivity contribution in [3.63, 3.8) is 0 Å². The molecule has 0 bridgehead atoms. The Morgan fingerprint density at radius 3 is 1.55 bits per heavy atom. The van der Waals surface area contributed by atoms with E-state index in [1.807, 2.05) is 0 Å². The molecule has 0 saturated carbocycles. The topological polar surface area (TPSA) is 0 Å². The van der Waals surface area contributed by atoms with Crippen LogP contribution in [0.3, 0.4) is 0 Å². The Hall–Kier alpha value is 0.258. The molecule has 3 aromatic carbocycles. The first kappa shape index (κ1) is 12.8. The fourth-order valence-electron chi connectivity index (χ4n) is 2.96. The van der Waals surface area contributed by atoms with Gasteiger partial charge in [-0.1, -0.05) is 0 Å². The van der Waals surface area contributed by atoms with E-state index in [-0.39, 0.29) is 0 Å². The molecule has 0 radical (unpaired) electrons. The van der Waals surface area contributed by atoms with Gasteiger partial charge >= 0.3 is 141 Å². The molecule has 0 spiro atoms. The third kappa shape index (κ3) is 1.55. The van der Waals surface area contributed by atoms with Crippen LogP contribution in [0.1, 0.15) is 11.1 Å². The van der Waals surface area contributed by atoms with Gasteiger partial charge in [-0.2, -0.15) is 0 Å². The van der Waals surface area contributed by atoms with E-state index in [1.165, 1.54) is 11.1 Å². The van der Waals surface area contributed by atoms with Crippen molar-refractivity contribution in [2.24, 2.45) is 0 Å². The van der Waals surface area contributed by atoms with Crippen LogP contribution in [0.5, 0.6) is 0 Å². The number of hydrogen-bond donors (Lipinski definition) is 0. The van der Waals surface area contributed by atoms with E-state index in [1.54, 1.807) is 39.4 Å². The number of aryl methyl sites for hydroxylation is 2. The Bertz CT molecular complexity index is 851. The molecule has 3 aromatic rings. The maximum absolute atomic E-state index is 2.48. The van der Waals surface area contributed by atoms with Crippen molar-refractivity contribution in [3.05, 3.63) is 35.4 Å². The van der Waals surface area contributed by atoms with Crippen LogP contribution in [-0.2, 0) is 0 Å². The number of hydrogen-bond acceptors (Lipinski definition) is 0. The molecule has 0 aromatic heterocycles. The maximum atomic E-state index is 2.48. The molecular weight excluding hydrogens is 508 g/mol. The van der Waals surface area contributed by atoms with Gasteiger partial charge in [-0.05, 0) is 0 Å². The van der Waals surface area contributed by atoms with E-state index in [9.17, 15) is 0 Å². The molecular formula is C16H10Se4. The van der Waals surface area contributed by atoms with Crippen molar-refractivity contribution in [1.29, 1.82) is 0 Å². The zero-order valence-electron chi connectivity index (χ0n) is 10.9. The van der Waals surface area contributed by atoms with Gasteiger partial charge in [0.2, 0.25) is 0 Å². The molecule has 2 aliphatic rings. The summed E-state index contributed by atoms with van der Waals surface area (Å²) in [5, 5.41) is 6.62. The van der Waals surface area contributed by atoms with Crippen molar-refractivity contribution in [1.82, 2.24) is 0 Å². The van der Waals surface area contributed by atoms with Crippen LogP contribution in [0.15, 0.2) is 24.3 Å². The Morgan fingerprint density at radius 1 is 0.650 bits per heavy atom. The Morgan fingerprint density at radius 2 is 1.10 bits per heavy atom. The first-order chi connectivity index (χ1) is 9.74. The van der Waals surface area contributed by atoms with Crippen LogP contribution >= 0.6 is 0 Å². The van der Waals surface area contributed by atoms with E-state index in [0.717, 1.165) is 26.3 Å². The average Bonchev–Trinajstić information content (AvgIpc) is 3.03. The molecule has 0 aliphatic carbocycles. The van der Waals surface area contributed by atoms with Gasteiger partial charge in [-0.25, -0.2) is 0 Å². The Labute approximate surface area is 140 Å². The monoisotopic (exact) mass is 522 g/mol. The first-order valence-electron chi connectivity index (χ1n) is 6.47. The van der Waals surface area contributed by atoms with Crippen LogP contribution in [0.2, 0.25) is 0 Å². The van der Waals surface area contributed by atoms with Crippen molar-refractivity contribution >= 4 is 91.9 Å². The van der Waals surface area contributed by atoms with Crippen molar-refractivity contribution < 1.29 is 0 Å². The molecule has 5 rings (SSSR count). The minimum atomic E-state index is 0.703. The van der Waals surface area contributed by atoms with E-state index < -0.39 is 0 Å². The number of fused-ring (bicyclic) bond motifs is 3. The predicted octanol–water partition coefficient (Wildman–Crippen LogP) is -0.215. The molecule has 2 aliphatic heterocycles. The molecule has 0 unspecified atom stereocenters. The van der Waals surface area contributed by atoms with E-state index in [4.69, 9.17) is 0 Å². The van der Waals surface area contributed by atoms with Gasteiger partial charge in [0.15, 0.2) is 0 Å². The van der Waals surface area contributed by atoms with Crippen LogP contribution in [0, 0.1) is 13.8 Å². The molecule has 98 valence electrons. The van der Waals surface area contributed by atoms with Crippen molar-refractivity contribution in [2.45, 2.75) is 13.8 Å². The molecule has 0 saturated heterocycles. The van der Waals surface area contributed by atoms with E-state index >= 15 is 0 Å². The quantitative estimate of drug-likeness (QED) is 0.286. The molecule has 2 heterocycles. The van der Waals surface area contributed by atoms with Crippen LogP contribution < -0.4 is 17.8 Å². The van der Waals surface area contributed by atoms with Gasteiger partial charge in [-0.3, -0.25) is 0 Å². The van der Waals surface area contributed by atoms with Gasteiger partial charge < -0.3 is 0 Å². The Kier molecular flexibility index (Phi) is 2.80. The van der Waals surface area contributed by atoms with Gasteiger partial charge in [-0.15, -0.1) is 0 Å². The summed E-state index contributed by atoms with van der Waals surface area (Å²) in [5.41, 5.74) is 2.92. The first-order valence-corrected chi connectivity index (χ1v) is 18.6. The summed E-state index contributed by atoms with van der Waals surface area (Å²) in [6.07, 6.45) is 0. The fraction of sp³-hybridized carbons (Fsp3) is 0.125. The van der Waals surface area contributed by atoms with Crippen LogP contribution in [0.4, 0.5) is 0 Å². The summed E-state index contributed by atoms with van der Waals surface area (Å²) >= 11 is 2.85. The van der Waals surface area contributed by atoms with Crippen molar-refractivity contribution in [2.75, 3.05) is 0 Å². The van der Waals surface area contributed by atoms with Crippen LogP contribution in [0.25, 0.3) is 21.5 Å². The second-order valence-electron chi connectivity index (χ2n) is 5.29. The minimum absolute atomic E-state index is 0.703. The van der Waals surface area contributed by atoms with Crippen molar-refractivity contribution in [3.8, 4) is 0 Å². The normalized spacial score (nSPS) is 15.7. The van der Waals surface area contributed by atoms with Crippen LogP contribution in [-0.4, -0.2) is 52.5 Å². The van der Waals surface area contributed by atoms with Gasteiger partial charge in [0.05, 0.1) is 0 Å². The summed E-state index contributed by atoms with van der Waals surface area (Å²) in [7, 11) is 0. The molecule has 20 heavy (non-hydrogen) atoms. The predicted molar refractivity (Wildman–Crippen MR) is 92.5 cm³/mol. The molecule has 0 fully saturated rings. The van der Waals surface area contributed by atoms with Gasteiger partial charge in [0.1, 0.15) is 0 Å². The van der Waals surface area contributed by atoms with E-state index in [0.29, 0.717) is 26.3 Å². The summed E-state index contributed by atoms with van der Waals surface area (Å²) in [6.45, 7) is 4.54. The summed E-state index contributed by atoms with van der Waals surface area (Å²) < 4.78 is 6.86. The standard InChI is InChI=1S/C16H10Se4/c1-7-5-9-10(6-8(7)2)16-14-12(18-20-16)4-3-11-13(14)15(9)19-17-11/h3-6H,1-2H3. The summed E-state index contributed by atoms with van der Waals surface area (Å²) in [6, 6.07) is 9.87. The second-order valence-corrected chi connectivity index (χ2v) is 17.5. The van der Waals surface area contributed by atoms with Gasteiger partial charge in [0, 0.05) is 0 Å². The Balaban J connectivity index is 2.13. The molecule has 0 nitrogen and oxygen atoms in total. The molecule has 4 heteroatoms. The third-order valence-electron chi connectivity index (χ3n) is 4.14. The van der Waals surface area contributed by atoms with Gasteiger partial charge in [0.25, 0.3) is 0 Å².